The molecular formula is C14H14ClNO3S. The molecule has 4 nitrogen and oxygen atoms in total. The van der Waals surface area contributed by atoms with Crippen LogP contribution in [0.15, 0.2) is 54.6 Å². The van der Waals surface area contributed by atoms with Gasteiger partial charge in [0.05, 0.1) is 0 Å². The molecule has 0 spiro atoms. The summed E-state index contributed by atoms with van der Waals surface area (Å²) in [6.07, 6.45) is 0. The lowest BCUT2D eigenvalue weighted by molar-refractivity contribution is 0.487. The van der Waals surface area contributed by atoms with E-state index in [1.807, 2.05) is 30.3 Å². The topological polar surface area (TPSA) is 55.4 Å². The maximum absolute atomic E-state index is 11.8. The summed E-state index contributed by atoms with van der Waals surface area (Å²) in [5.41, 5.74) is 0.870. The van der Waals surface area contributed by atoms with Crippen molar-refractivity contribution in [3.05, 3.63) is 59.6 Å². The van der Waals surface area contributed by atoms with Crippen LogP contribution in [0.4, 0.5) is 5.69 Å². The second kappa shape index (κ2) is 6.63. The third-order valence-electron chi connectivity index (χ3n) is 2.49. The number of halogens is 1. The Labute approximate surface area is 123 Å². The molecule has 0 aromatic heterocycles. The van der Waals surface area contributed by atoms with E-state index in [1.54, 1.807) is 12.1 Å². The fraction of sp³-hybridized carbons (Fsp3) is 0.143. The molecule has 0 saturated heterocycles. The average Bonchev–Trinajstić information content (AvgIpc) is 2.42. The Morgan fingerprint density at radius 2 is 1.65 bits per heavy atom. The zero-order chi connectivity index (χ0) is 14.4. The van der Waals surface area contributed by atoms with Crippen molar-refractivity contribution in [1.29, 1.82) is 0 Å². The number of rotatable bonds is 6. The first-order chi connectivity index (χ1) is 9.55. The molecule has 0 aliphatic heterocycles. The predicted octanol–water partition coefficient (Wildman–Crippen LogP) is 3.16. The minimum atomic E-state index is -3.62. The Bertz CT molecular complexity index is 642. The second-order valence-corrected chi connectivity index (χ2v) is 6.22. The lowest BCUT2D eigenvalue weighted by Gasteiger charge is -2.08. The van der Waals surface area contributed by atoms with Crippen LogP contribution in [0.3, 0.4) is 0 Å². The van der Waals surface area contributed by atoms with Crippen molar-refractivity contribution in [1.82, 2.24) is 0 Å². The minimum Gasteiger partial charge on any atom is -0.384 e. The van der Waals surface area contributed by atoms with E-state index in [9.17, 15) is 8.42 Å². The van der Waals surface area contributed by atoms with Gasteiger partial charge in [0, 0.05) is 17.3 Å². The van der Waals surface area contributed by atoms with Crippen molar-refractivity contribution in [3.63, 3.8) is 0 Å². The standard InChI is InChI=1S/C14H14ClNO3S/c15-12-6-8-14(9-7-12)19-20(17,18)11-10-16-13-4-2-1-3-5-13/h1-9,16H,10-11H2. The van der Waals surface area contributed by atoms with Gasteiger partial charge in [-0.05, 0) is 36.4 Å². The van der Waals surface area contributed by atoms with Gasteiger partial charge in [-0.15, -0.1) is 0 Å². The average molecular weight is 312 g/mol. The summed E-state index contributed by atoms with van der Waals surface area (Å²) in [7, 11) is -3.62. The van der Waals surface area contributed by atoms with Gasteiger partial charge in [0.1, 0.15) is 11.5 Å². The van der Waals surface area contributed by atoms with Crippen LogP contribution in [0.5, 0.6) is 5.75 Å². The molecule has 0 aliphatic carbocycles. The zero-order valence-corrected chi connectivity index (χ0v) is 12.2. The molecule has 0 radical (unpaired) electrons. The van der Waals surface area contributed by atoms with Gasteiger partial charge >= 0.3 is 10.1 Å². The van der Waals surface area contributed by atoms with Crippen LogP contribution in [0.2, 0.25) is 5.02 Å². The van der Waals surface area contributed by atoms with E-state index in [0.717, 1.165) is 5.69 Å². The molecule has 6 heteroatoms. The summed E-state index contributed by atoms with van der Waals surface area (Å²) in [6.45, 7) is 0.278. The van der Waals surface area contributed by atoms with Crippen LogP contribution >= 0.6 is 11.6 Å². The fourth-order valence-electron chi connectivity index (χ4n) is 1.55. The Balaban J connectivity index is 1.86. The summed E-state index contributed by atoms with van der Waals surface area (Å²) >= 11 is 5.72. The SMILES string of the molecule is O=S(=O)(CCNc1ccccc1)Oc1ccc(Cl)cc1. The molecule has 0 heterocycles. The molecule has 0 amide bonds. The van der Waals surface area contributed by atoms with Crippen molar-refractivity contribution in [3.8, 4) is 5.75 Å². The van der Waals surface area contributed by atoms with Gasteiger partial charge < -0.3 is 9.50 Å². The van der Waals surface area contributed by atoms with E-state index in [0.29, 0.717) is 5.02 Å². The van der Waals surface area contributed by atoms with Crippen LogP contribution in [-0.2, 0) is 10.1 Å². The highest BCUT2D eigenvalue weighted by Crippen LogP contribution is 2.17. The lowest BCUT2D eigenvalue weighted by Crippen LogP contribution is -2.20. The number of para-hydroxylation sites is 1. The Morgan fingerprint density at radius 3 is 2.30 bits per heavy atom. The van der Waals surface area contributed by atoms with Gasteiger partial charge in [0.15, 0.2) is 0 Å². The first-order valence-electron chi connectivity index (χ1n) is 6.02. The molecule has 2 aromatic rings. The summed E-state index contributed by atoms with van der Waals surface area (Å²) < 4.78 is 28.5. The number of benzene rings is 2. The molecule has 0 unspecified atom stereocenters. The predicted molar refractivity (Wildman–Crippen MR) is 80.8 cm³/mol. The Morgan fingerprint density at radius 1 is 1.00 bits per heavy atom. The highest BCUT2D eigenvalue weighted by molar-refractivity contribution is 7.87. The van der Waals surface area contributed by atoms with Crippen LogP contribution < -0.4 is 9.50 Å². The van der Waals surface area contributed by atoms with E-state index in [1.165, 1.54) is 12.1 Å². The highest BCUT2D eigenvalue weighted by atomic mass is 35.5. The van der Waals surface area contributed by atoms with Crippen molar-refractivity contribution < 1.29 is 12.6 Å². The van der Waals surface area contributed by atoms with E-state index >= 15 is 0 Å². The molecule has 2 rings (SSSR count). The van der Waals surface area contributed by atoms with Crippen molar-refractivity contribution in [2.45, 2.75) is 0 Å². The van der Waals surface area contributed by atoms with E-state index < -0.39 is 10.1 Å². The number of hydrogen-bond donors (Lipinski definition) is 1. The second-order valence-electron chi connectivity index (χ2n) is 4.09. The largest absolute Gasteiger partial charge is 0.384 e. The summed E-state index contributed by atoms with van der Waals surface area (Å²) in [6, 6.07) is 15.6. The maximum Gasteiger partial charge on any atom is 0.310 e. The highest BCUT2D eigenvalue weighted by Gasteiger charge is 2.12. The monoisotopic (exact) mass is 311 g/mol. The Kier molecular flexibility index (Phi) is 4.87. The van der Waals surface area contributed by atoms with Crippen molar-refractivity contribution in [2.24, 2.45) is 0 Å². The van der Waals surface area contributed by atoms with Crippen LogP contribution in [0.1, 0.15) is 0 Å². The zero-order valence-electron chi connectivity index (χ0n) is 10.6. The molecule has 2 aromatic carbocycles. The van der Waals surface area contributed by atoms with Gasteiger partial charge in [0.2, 0.25) is 0 Å². The molecular weight excluding hydrogens is 298 g/mol. The van der Waals surface area contributed by atoms with Gasteiger partial charge in [-0.3, -0.25) is 0 Å². The first-order valence-corrected chi connectivity index (χ1v) is 7.97. The van der Waals surface area contributed by atoms with Crippen molar-refractivity contribution in [2.75, 3.05) is 17.6 Å². The quantitative estimate of drug-likeness (QED) is 0.833. The molecule has 0 fully saturated rings. The summed E-state index contributed by atoms with van der Waals surface area (Å²) in [5.74, 6) is 0.138. The summed E-state index contributed by atoms with van der Waals surface area (Å²) in [5, 5.41) is 3.54. The van der Waals surface area contributed by atoms with Crippen LogP contribution in [0.25, 0.3) is 0 Å². The molecule has 0 saturated carbocycles. The van der Waals surface area contributed by atoms with Crippen LogP contribution in [0, 0.1) is 0 Å². The van der Waals surface area contributed by atoms with Crippen molar-refractivity contribution >= 4 is 27.4 Å². The summed E-state index contributed by atoms with van der Waals surface area (Å²) in [4.78, 5) is 0. The van der Waals surface area contributed by atoms with E-state index in [-0.39, 0.29) is 18.0 Å². The normalized spacial score (nSPS) is 11.1. The lowest BCUT2D eigenvalue weighted by atomic mass is 10.3. The first kappa shape index (κ1) is 14.7. The third kappa shape index (κ3) is 4.75. The molecule has 0 aliphatic rings. The number of nitrogens with one attached hydrogen (secondary N) is 1. The van der Waals surface area contributed by atoms with Gasteiger partial charge in [-0.25, -0.2) is 0 Å². The number of anilines is 1. The smallest absolute Gasteiger partial charge is 0.310 e. The molecule has 20 heavy (non-hydrogen) atoms. The molecule has 0 atom stereocenters. The Hall–Kier alpha value is -1.72. The molecule has 1 N–H and O–H groups in total. The number of hydrogen-bond acceptors (Lipinski definition) is 4. The molecule has 106 valence electrons. The van der Waals surface area contributed by atoms with Crippen LogP contribution in [-0.4, -0.2) is 20.7 Å². The fourth-order valence-corrected chi connectivity index (χ4v) is 2.52. The minimum absolute atomic E-state index is 0.121. The maximum atomic E-state index is 11.8. The molecule has 0 bridgehead atoms. The van der Waals surface area contributed by atoms with Gasteiger partial charge in [-0.1, -0.05) is 29.8 Å². The van der Waals surface area contributed by atoms with Gasteiger partial charge in [0.25, 0.3) is 0 Å². The third-order valence-corrected chi connectivity index (χ3v) is 3.89. The van der Waals surface area contributed by atoms with E-state index in [2.05, 4.69) is 5.32 Å². The van der Waals surface area contributed by atoms with E-state index in [4.69, 9.17) is 15.8 Å². The van der Waals surface area contributed by atoms with Gasteiger partial charge in [-0.2, -0.15) is 8.42 Å².